The molecule has 1 heterocycles. The molecule has 180 valence electrons. The van der Waals surface area contributed by atoms with Crippen LogP contribution in [0, 0.1) is 5.92 Å². The van der Waals surface area contributed by atoms with Crippen LogP contribution in [0.5, 0.6) is 0 Å². The van der Waals surface area contributed by atoms with Crippen LogP contribution in [0.1, 0.15) is 39.2 Å². The van der Waals surface area contributed by atoms with Crippen LogP contribution in [-0.4, -0.2) is 66.2 Å². The van der Waals surface area contributed by atoms with Crippen molar-refractivity contribution in [2.24, 2.45) is 5.92 Å². The second kappa shape index (κ2) is 12.4. The summed E-state index contributed by atoms with van der Waals surface area (Å²) in [6.45, 7) is 6.35. The first-order valence-electron chi connectivity index (χ1n) is 11.1. The largest absolute Gasteiger partial charge is 0.350 e. The molecular weight excluding hydrogens is 444 g/mol. The van der Waals surface area contributed by atoms with E-state index in [0.717, 1.165) is 12.0 Å². The number of amides is 4. The van der Waals surface area contributed by atoms with Gasteiger partial charge in [-0.25, -0.2) is 0 Å². The molecule has 2 N–H and O–H groups in total. The summed E-state index contributed by atoms with van der Waals surface area (Å²) < 4.78 is 0. The van der Waals surface area contributed by atoms with E-state index in [9.17, 15) is 19.2 Å². The summed E-state index contributed by atoms with van der Waals surface area (Å²) in [4.78, 5) is 52.0. The van der Waals surface area contributed by atoms with E-state index >= 15 is 0 Å². The molecule has 1 aromatic carbocycles. The van der Waals surface area contributed by atoms with Gasteiger partial charge in [-0.1, -0.05) is 43.7 Å². The molecular formula is C24H33ClN4O4. The molecule has 1 aliphatic rings. The molecule has 1 aliphatic heterocycles. The summed E-state index contributed by atoms with van der Waals surface area (Å²) in [6, 6.07) is 6.41. The van der Waals surface area contributed by atoms with Gasteiger partial charge in [0.25, 0.3) is 0 Å². The van der Waals surface area contributed by atoms with Crippen molar-refractivity contribution in [3.05, 3.63) is 46.5 Å². The van der Waals surface area contributed by atoms with E-state index in [-0.39, 0.29) is 36.2 Å². The fourth-order valence-electron chi connectivity index (χ4n) is 3.96. The van der Waals surface area contributed by atoms with Gasteiger partial charge in [-0.05, 0) is 43.4 Å². The number of benzene rings is 1. The number of likely N-dealkylation sites (N-methyl/N-ethyl adjacent to an activating group) is 1. The van der Waals surface area contributed by atoms with E-state index in [2.05, 4.69) is 10.6 Å². The monoisotopic (exact) mass is 476 g/mol. The highest BCUT2D eigenvalue weighted by Crippen LogP contribution is 2.22. The smallest absolute Gasteiger partial charge is 0.249 e. The van der Waals surface area contributed by atoms with Crippen molar-refractivity contribution in [1.29, 1.82) is 0 Å². The van der Waals surface area contributed by atoms with Crippen LogP contribution in [0.15, 0.2) is 35.9 Å². The maximum absolute atomic E-state index is 13.2. The average Bonchev–Trinajstić information content (AvgIpc) is 3.28. The fraction of sp³-hybridized carbons (Fsp3) is 0.500. The molecule has 0 radical (unpaired) electrons. The van der Waals surface area contributed by atoms with Crippen molar-refractivity contribution in [1.82, 2.24) is 20.4 Å². The SMILES string of the molecule is C/C(=C\[C@H](C(C)C)N(C)C(=O)CNC=O)C(=O)N1CCC[C@H]1C(=O)NCc1cccc(Cl)c1. The van der Waals surface area contributed by atoms with Crippen molar-refractivity contribution in [2.75, 3.05) is 20.1 Å². The lowest BCUT2D eigenvalue weighted by Gasteiger charge is -2.30. The molecule has 8 nitrogen and oxygen atoms in total. The summed E-state index contributed by atoms with van der Waals surface area (Å²) in [6.07, 6.45) is 3.60. The number of rotatable bonds is 10. The van der Waals surface area contributed by atoms with Crippen molar-refractivity contribution >= 4 is 35.7 Å². The summed E-state index contributed by atoms with van der Waals surface area (Å²) in [5.41, 5.74) is 1.37. The summed E-state index contributed by atoms with van der Waals surface area (Å²) in [5.74, 6) is -0.612. The van der Waals surface area contributed by atoms with Gasteiger partial charge in [-0.2, -0.15) is 0 Å². The van der Waals surface area contributed by atoms with E-state index in [1.54, 1.807) is 37.1 Å². The number of halogens is 1. The first-order chi connectivity index (χ1) is 15.6. The number of carbonyl (C=O) groups is 4. The Balaban J connectivity index is 2.07. The topological polar surface area (TPSA) is 98.8 Å². The van der Waals surface area contributed by atoms with Crippen molar-refractivity contribution in [3.8, 4) is 0 Å². The first kappa shape index (κ1) is 26.4. The van der Waals surface area contributed by atoms with E-state index in [1.165, 1.54) is 4.90 Å². The van der Waals surface area contributed by atoms with Gasteiger partial charge in [0.05, 0.1) is 12.6 Å². The van der Waals surface area contributed by atoms with Gasteiger partial charge in [0.15, 0.2) is 0 Å². The Morgan fingerprint density at radius 3 is 2.67 bits per heavy atom. The molecule has 4 amide bonds. The molecule has 1 saturated heterocycles. The van der Waals surface area contributed by atoms with Crippen LogP contribution in [0.2, 0.25) is 5.02 Å². The minimum atomic E-state index is -0.534. The Bertz CT molecular complexity index is 902. The standard InChI is InChI=1S/C24H33ClN4O4/c1-16(2)21(28(4)22(31)14-26-15-30)11-17(3)24(33)29-10-6-9-20(29)23(32)27-13-18-7-5-8-19(25)12-18/h5,7-8,11-12,15-16,20-21H,6,9-10,13-14H2,1-4H3,(H,26,30)(H,27,32)/b17-11+/t20-,21+/m0/s1. The fourth-order valence-corrected chi connectivity index (χ4v) is 4.17. The van der Waals surface area contributed by atoms with E-state index < -0.39 is 6.04 Å². The number of likely N-dealkylation sites (tertiary alicyclic amines) is 1. The first-order valence-corrected chi connectivity index (χ1v) is 11.5. The normalized spacial score (nSPS) is 17.0. The molecule has 1 aromatic rings. The van der Waals surface area contributed by atoms with Gasteiger partial charge in [0.2, 0.25) is 24.1 Å². The Morgan fingerprint density at radius 2 is 2.03 bits per heavy atom. The van der Waals surface area contributed by atoms with Crippen molar-refractivity contribution in [2.45, 2.75) is 52.2 Å². The van der Waals surface area contributed by atoms with E-state index in [4.69, 9.17) is 11.6 Å². The molecule has 0 saturated carbocycles. The second-order valence-electron chi connectivity index (χ2n) is 8.59. The molecule has 0 aliphatic carbocycles. The molecule has 1 fully saturated rings. The third-order valence-corrected chi connectivity index (χ3v) is 6.03. The average molecular weight is 477 g/mol. The highest BCUT2D eigenvalue weighted by molar-refractivity contribution is 6.30. The lowest BCUT2D eigenvalue weighted by atomic mass is 9.99. The van der Waals surface area contributed by atoms with Crippen molar-refractivity contribution < 1.29 is 19.2 Å². The van der Waals surface area contributed by atoms with Gasteiger partial charge in [0, 0.05) is 30.7 Å². The van der Waals surface area contributed by atoms with Gasteiger partial charge in [-0.3, -0.25) is 19.2 Å². The predicted octanol–water partition coefficient (Wildman–Crippen LogP) is 2.12. The molecule has 2 rings (SSSR count). The quantitative estimate of drug-likeness (QED) is 0.399. The second-order valence-corrected chi connectivity index (χ2v) is 9.03. The molecule has 33 heavy (non-hydrogen) atoms. The van der Waals surface area contributed by atoms with Crippen molar-refractivity contribution in [3.63, 3.8) is 0 Å². The van der Waals surface area contributed by atoms with E-state index in [1.807, 2.05) is 26.0 Å². The van der Waals surface area contributed by atoms with E-state index in [0.29, 0.717) is 36.5 Å². The Labute approximate surface area is 200 Å². The molecule has 0 spiro atoms. The summed E-state index contributed by atoms with van der Waals surface area (Å²) in [7, 11) is 1.65. The zero-order valence-electron chi connectivity index (χ0n) is 19.6. The number of hydrogen-bond donors (Lipinski definition) is 2. The zero-order valence-corrected chi connectivity index (χ0v) is 20.4. The Kier molecular flexibility index (Phi) is 9.91. The van der Waals surface area contributed by atoms with Crippen LogP contribution >= 0.6 is 11.6 Å². The van der Waals surface area contributed by atoms with Crippen LogP contribution in [-0.2, 0) is 25.7 Å². The molecule has 9 heteroatoms. The third-order valence-electron chi connectivity index (χ3n) is 5.79. The Hall–Kier alpha value is -2.87. The number of hydrogen-bond acceptors (Lipinski definition) is 4. The third kappa shape index (κ3) is 7.32. The molecule has 0 aromatic heterocycles. The maximum atomic E-state index is 13.2. The lowest BCUT2D eigenvalue weighted by molar-refractivity contribution is -0.135. The minimum Gasteiger partial charge on any atom is -0.350 e. The molecule has 2 atom stereocenters. The lowest BCUT2D eigenvalue weighted by Crippen LogP contribution is -2.47. The highest BCUT2D eigenvalue weighted by Gasteiger charge is 2.35. The van der Waals surface area contributed by atoms with Crippen LogP contribution in [0.4, 0.5) is 0 Å². The number of nitrogens with zero attached hydrogens (tertiary/aromatic N) is 2. The summed E-state index contributed by atoms with van der Waals surface area (Å²) in [5, 5.41) is 5.88. The van der Waals surface area contributed by atoms with Gasteiger partial charge in [-0.15, -0.1) is 0 Å². The van der Waals surface area contributed by atoms with Gasteiger partial charge < -0.3 is 20.4 Å². The van der Waals surface area contributed by atoms with Gasteiger partial charge >= 0.3 is 0 Å². The Morgan fingerprint density at radius 1 is 1.30 bits per heavy atom. The maximum Gasteiger partial charge on any atom is 0.249 e. The van der Waals surface area contributed by atoms with Crippen LogP contribution in [0.25, 0.3) is 0 Å². The molecule has 0 bridgehead atoms. The summed E-state index contributed by atoms with van der Waals surface area (Å²) >= 11 is 6.00. The van der Waals surface area contributed by atoms with Crippen LogP contribution < -0.4 is 10.6 Å². The predicted molar refractivity (Wildman–Crippen MR) is 127 cm³/mol. The zero-order chi connectivity index (χ0) is 24.5. The van der Waals surface area contributed by atoms with Crippen LogP contribution in [0.3, 0.4) is 0 Å². The minimum absolute atomic E-state index is 0.0494. The number of carbonyl (C=O) groups excluding carboxylic acids is 4. The highest BCUT2D eigenvalue weighted by atomic mass is 35.5. The molecule has 0 unspecified atom stereocenters. The number of nitrogens with one attached hydrogen (secondary N) is 2. The van der Waals surface area contributed by atoms with Gasteiger partial charge in [0.1, 0.15) is 6.04 Å².